The van der Waals surface area contributed by atoms with Crippen molar-refractivity contribution < 1.29 is 19.4 Å². The Morgan fingerprint density at radius 3 is 2.50 bits per heavy atom. The summed E-state index contributed by atoms with van der Waals surface area (Å²) in [5.41, 5.74) is 0. The Morgan fingerprint density at radius 2 is 2.00 bits per heavy atom. The highest BCUT2D eigenvalue weighted by Crippen LogP contribution is 2.14. The molecule has 2 N–H and O–H groups in total. The molecular formula is C14H26N2O4. The number of carbonyl (C=O) groups excluding carboxylic acids is 1. The first-order chi connectivity index (χ1) is 9.58. The molecule has 0 radical (unpaired) electrons. The van der Waals surface area contributed by atoms with E-state index < -0.39 is 11.9 Å². The molecule has 0 bridgehead atoms. The van der Waals surface area contributed by atoms with Crippen LogP contribution in [0.25, 0.3) is 0 Å². The third-order valence-electron chi connectivity index (χ3n) is 3.62. The van der Waals surface area contributed by atoms with Gasteiger partial charge in [0.25, 0.3) is 0 Å². The van der Waals surface area contributed by atoms with Gasteiger partial charge in [-0.2, -0.15) is 0 Å². The van der Waals surface area contributed by atoms with E-state index in [4.69, 9.17) is 9.84 Å². The zero-order valence-corrected chi connectivity index (χ0v) is 12.4. The van der Waals surface area contributed by atoms with Gasteiger partial charge < -0.3 is 20.1 Å². The van der Waals surface area contributed by atoms with Crippen LogP contribution in [0.5, 0.6) is 0 Å². The molecule has 6 heteroatoms. The third kappa shape index (κ3) is 5.36. The van der Waals surface area contributed by atoms with E-state index in [1.54, 1.807) is 4.90 Å². The van der Waals surface area contributed by atoms with E-state index in [0.29, 0.717) is 26.1 Å². The number of carbonyl (C=O) groups is 2. The van der Waals surface area contributed by atoms with Gasteiger partial charge in [0.2, 0.25) is 0 Å². The lowest BCUT2D eigenvalue weighted by Gasteiger charge is -2.32. The maximum absolute atomic E-state index is 12.0. The first kappa shape index (κ1) is 16.8. The van der Waals surface area contributed by atoms with Crippen molar-refractivity contribution in [3.8, 4) is 0 Å². The second-order valence-electron chi connectivity index (χ2n) is 5.15. The Hall–Kier alpha value is -1.30. The van der Waals surface area contributed by atoms with Gasteiger partial charge in [-0.15, -0.1) is 0 Å². The Bertz CT molecular complexity index is 314. The summed E-state index contributed by atoms with van der Waals surface area (Å²) < 4.78 is 5.54. The van der Waals surface area contributed by atoms with Crippen molar-refractivity contribution in [1.29, 1.82) is 0 Å². The monoisotopic (exact) mass is 286 g/mol. The molecule has 1 unspecified atom stereocenters. The predicted molar refractivity (Wildman–Crippen MR) is 75.7 cm³/mol. The number of rotatable bonds is 7. The van der Waals surface area contributed by atoms with Crippen LogP contribution in [0.1, 0.15) is 39.5 Å². The minimum absolute atomic E-state index is 0.165. The van der Waals surface area contributed by atoms with Crippen LogP contribution < -0.4 is 5.32 Å². The van der Waals surface area contributed by atoms with Gasteiger partial charge in [-0.25, -0.2) is 4.79 Å². The standard InChI is InChI=1S/C14H26N2O4/c1-3-5-11(13(17)18)10-15-14(19)16-8-6-12(7-9-16)20-4-2/h11-12H,3-10H2,1-2H3,(H,15,19)(H,17,18). The van der Waals surface area contributed by atoms with Crippen LogP contribution in [-0.2, 0) is 9.53 Å². The minimum atomic E-state index is -0.845. The molecule has 0 saturated carbocycles. The van der Waals surface area contributed by atoms with Crippen molar-refractivity contribution in [2.24, 2.45) is 5.92 Å². The molecule has 1 atom stereocenters. The number of likely N-dealkylation sites (tertiary alicyclic amines) is 1. The highest BCUT2D eigenvalue weighted by molar-refractivity contribution is 5.76. The molecule has 0 spiro atoms. The van der Waals surface area contributed by atoms with Gasteiger partial charge in [0.15, 0.2) is 0 Å². The van der Waals surface area contributed by atoms with Gasteiger partial charge in [0.1, 0.15) is 0 Å². The van der Waals surface area contributed by atoms with Crippen LogP contribution in [0.3, 0.4) is 0 Å². The maximum atomic E-state index is 12.0. The Morgan fingerprint density at radius 1 is 1.35 bits per heavy atom. The lowest BCUT2D eigenvalue weighted by Crippen LogP contribution is -2.47. The van der Waals surface area contributed by atoms with E-state index in [1.165, 1.54) is 0 Å². The van der Waals surface area contributed by atoms with Crippen LogP contribution >= 0.6 is 0 Å². The van der Waals surface area contributed by atoms with E-state index in [2.05, 4.69) is 5.32 Å². The molecule has 1 aliphatic rings. The molecule has 20 heavy (non-hydrogen) atoms. The quantitative estimate of drug-likeness (QED) is 0.746. The predicted octanol–water partition coefficient (Wildman–Crippen LogP) is 1.70. The van der Waals surface area contributed by atoms with Gasteiger partial charge in [-0.1, -0.05) is 13.3 Å². The summed E-state index contributed by atoms with van der Waals surface area (Å²) in [6.07, 6.45) is 3.32. The summed E-state index contributed by atoms with van der Waals surface area (Å²) in [5, 5.41) is 11.8. The van der Waals surface area contributed by atoms with Crippen molar-refractivity contribution >= 4 is 12.0 Å². The summed E-state index contributed by atoms with van der Waals surface area (Å²) in [5.74, 6) is -1.34. The first-order valence-electron chi connectivity index (χ1n) is 7.45. The number of ether oxygens (including phenoxy) is 1. The van der Waals surface area contributed by atoms with Crippen molar-refractivity contribution in [2.75, 3.05) is 26.2 Å². The maximum Gasteiger partial charge on any atom is 0.317 e. The highest BCUT2D eigenvalue weighted by atomic mass is 16.5. The van der Waals surface area contributed by atoms with Crippen molar-refractivity contribution in [2.45, 2.75) is 45.6 Å². The van der Waals surface area contributed by atoms with Gasteiger partial charge in [-0.05, 0) is 26.2 Å². The van der Waals surface area contributed by atoms with Crippen molar-refractivity contribution in [1.82, 2.24) is 10.2 Å². The van der Waals surface area contributed by atoms with Crippen molar-refractivity contribution in [3.63, 3.8) is 0 Å². The van der Waals surface area contributed by atoms with E-state index in [9.17, 15) is 9.59 Å². The van der Waals surface area contributed by atoms with Gasteiger partial charge in [0, 0.05) is 26.2 Å². The number of amides is 2. The smallest absolute Gasteiger partial charge is 0.317 e. The number of carboxylic acid groups (broad SMARTS) is 1. The number of nitrogens with zero attached hydrogens (tertiary/aromatic N) is 1. The molecule has 0 aromatic carbocycles. The fourth-order valence-corrected chi connectivity index (χ4v) is 2.44. The molecular weight excluding hydrogens is 260 g/mol. The zero-order valence-electron chi connectivity index (χ0n) is 12.4. The molecule has 2 amide bonds. The average molecular weight is 286 g/mol. The summed E-state index contributed by atoms with van der Waals surface area (Å²) in [6, 6.07) is -0.165. The lowest BCUT2D eigenvalue weighted by atomic mass is 10.0. The fraction of sp³-hybridized carbons (Fsp3) is 0.857. The fourth-order valence-electron chi connectivity index (χ4n) is 2.44. The topological polar surface area (TPSA) is 78.9 Å². The summed E-state index contributed by atoms with van der Waals surface area (Å²) in [6.45, 7) is 6.15. The summed E-state index contributed by atoms with van der Waals surface area (Å²) >= 11 is 0. The van der Waals surface area contributed by atoms with E-state index in [1.807, 2.05) is 13.8 Å². The molecule has 0 aliphatic carbocycles. The molecule has 6 nitrogen and oxygen atoms in total. The Balaban J connectivity index is 2.31. The van der Waals surface area contributed by atoms with Crippen LogP contribution in [0, 0.1) is 5.92 Å². The molecule has 1 saturated heterocycles. The molecule has 1 fully saturated rings. The van der Waals surface area contributed by atoms with Crippen molar-refractivity contribution in [3.05, 3.63) is 0 Å². The van der Waals surface area contributed by atoms with Crippen LogP contribution in [-0.4, -0.2) is 54.4 Å². The second-order valence-corrected chi connectivity index (χ2v) is 5.15. The number of hydrogen-bond acceptors (Lipinski definition) is 3. The van der Waals surface area contributed by atoms with E-state index in [-0.39, 0.29) is 18.7 Å². The minimum Gasteiger partial charge on any atom is -0.481 e. The molecule has 0 aromatic heterocycles. The molecule has 1 heterocycles. The number of nitrogens with one attached hydrogen (secondary N) is 1. The van der Waals surface area contributed by atoms with Gasteiger partial charge >= 0.3 is 12.0 Å². The van der Waals surface area contributed by atoms with Crippen LogP contribution in [0.15, 0.2) is 0 Å². The summed E-state index contributed by atoms with van der Waals surface area (Å²) in [4.78, 5) is 24.7. The van der Waals surface area contributed by atoms with E-state index >= 15 is 0 Å². The number of piperidine rings is 1. The molecule has 1 rings (SSSR count). The SMILES string of the molecule is CCCC(CNC(=O)N1CCC(OCC)CC1)C(=O)O. The van der Waals surface area contributed by atoms with Crippen LogP contribution in [0.4, 0.5) is 4.79 Å². The van der Waals surface area contributed by atoms with Crippen LogP contribution in [0.2, 0.25) is 0 Å². The highest BCUT2D eigenvalue weighted by Gasteiger charge is 2.24. The van der Waals surface area contributed by atoms with Gasteiger partial charge in [0.05, 0.1) is 12.0 Å². The Labute approximate surface area is 120 Å². The molecule has 1 aliphatic heterocycles. The largest absolute Gasteiger partial charge is 0.481 e. The molecule has 116 valence electrons. The molecule has 0 aromatic rings. The lowest BCUT2D eigenvalue weighted by molar-refractivity contribution is -0.141. The average Bonchev–Trinajstić information content (AvgIpc) is 2.44. The zero-order chi connectivity index (χ0) is 15.0. The number of carboxylic acids is 1. The number of hydrogen-bond donors (Lipinski definition) is 2. The van der Waals surface area contributed by atoms with Gasteiger partial charge in [-0.3, -0.25) is 4.79 Å². The number of aliphatic carboxylic acids is 1. The summed E-state index contributed by atoms with van der Waals surface area (Å²) in [7, 11) is 0. The number of urea groups is 1. The Kier molecular flexibility index (Phi) is 7.36. The first-order valence-corrected chi connectivity index (χ1v) is 7.45. The third-order valence-corrected chi connectivity index (χ3v) is 3.62. The normalized spacial score (nSPS) is 17.8. The second kappa shape index (κ2) is 8.79. The van der Waals surface area contributed by atoms with E-state index in [0.717, 1.165) is 19.3 Å².